The summed E-state index contributed by atoms with van der Waals surface area (Å²) in [6.45, 7) is 8.08. The Morgan fingerprint density at radius 2 is 1.82 bits per heavy atom. The molecule has 0 amide bonds. The molecular weight excluding hydrogens is 293 g/mol. The van der Waals surface area contributed by atoms with Gasteiger partial charge in [0.15, 0.2) is 0 Å². The number of nitrogens with two attached hydrogens (primary N) is 1. The number of halogens is 3. The van der Waals surface area contributed by atoms with Crippen molar-refractivity contribution < 1.29 is 13.2 Å². The number of anilines is 1. The Kier molecular flexibility index (Phi) is 5.57. The number of nitrogens with zero attached hydrogens (tertiary/aromatic N) is 2. The molecule has 4 nitrogen and oxygen atoms in total. The molecule has 22 heavy (non-hydrogen) atoms. The van der Waals surface area contributed by atoms with Gasteiger partial charge in [0.1, 0.15) is 5.70 Å². The molecule has 0 bridgehead atoms. The standard InChI is InChI=1S/C15H21F3N4/c1-9(2)22(10(3)4)11-5-6-21-13(7-11)12(19)8-14(20)15(16,17)18/h5-10,19H,20H2,1-4H3. The molecule has 0 fully saturated rings. The monoisotopic (exact) mass is 314 g/mol. The summed E-state index contributed by atoms with van der Waals surface area (Å²) in [5.41, 5.74) is 4.21. The van der Waals surface area contributed by atoms with Crippen molar-refractivity contribution in [3.05, 3.63) is 35.8 Å². The van der Waals surface area contributed by atoms with Crippen LogP contribution in [0, 0.1) is 5.41 Å². The van der Waals surface area contributed by atoms with E-state index in [4.69, 9.17) is 11.1 Å². The van der Waals surface area contributed by atoms with E-state index in [0.717, 1.165) is 5.69 Å². The molecule has 0 saturated carbocycles. The number of rotatable bonds is 5. The van der Waals surface area contributed by atoms with Crippen molar-refractivity contribution in [2.45, 2.75) is 46.0 Å². The van der Waals surface area contributed by atoms with Gasteiger partial charge in [-0.3, -0.25) is 10.4 Å². The molecule has 1 aromatic heterocycles. The summed E-state index contributed by atoms with van der Waals surface area (Å²) in [5.74, 6) is 0. The van der Waals surface area contributed by atoms with Crippen molar-refractivity contribution >= 4 is 11.4 Å². The fraction of sp³-hybridized carbons (Fsp3) is 0.467. The van der Waals surface area contributed by atoms with Gasteiger partial charge >= 0.3 is 6.18 Å². The van der Waals surface area contributed by atoms with Crippen molar-refractivity contribution in [1.29, 1.82) is 5.41 Å². The highest BCUT2D eigenvalue weighted by atomic mass is 19.4. The van der Waals surface area contributed by atoms with Crippen LogP contribution in [0.15, 0.2) is 30.1 Å². The maximum absolute atomic E-state index is 12.4. The summed E-state index contributed by atoms with van der Waals surface area (Å²) in [6, 6.07) is 3.79. The van der Waals surface area contributed by atoms with E-state index in [1.807, 2.05) is 27.7 Å². The lowest BCUT2D eigenvalue weighted by Crippen LogP contribution is -2.37. The zero-order chi connectivity index (χ0) is 17.1. The minimum atomic E-state index is -4.65. The third-order valence-electron chi connectivity index (χ3n) is 3.06. The molecule has 1 heterocycles. The molecule has 0 aliphatic carbocycles. The van der Waals surface area contributed by atoms with Crippen LogP contribution in [0.3, 0.4) is 0 Å². The molecule has 7 heteroatoms. The lowest BCUT2D eigenvalue weighted by molar-refractivity contribution is -0.0925. The molecule has 0 atom stereocenters. The van der Waals surface area contributed by atoms with E-state index in [1.165, 1.54) is 6.20 Å². The first-order chi connectivity index (χ1) is 10.0. The van der Waals surface area contributed by atoms with Crippen LogP contribution >= 0.6 is 0 Å². The molecule has 1 aromatic rings. The van der Waals surface area contributed by atoms with Gasteiger partial charge in [-0.25, -0.2) is 0 Å². The highest BCUT2D eigenvalue weighted by molar-refractivity contribution is 6.06. The Labute approximate surface area is 128 Å². The Morgan fingerprint density at radius 1 is 1.27 bits per heavy atom. The minimum Gasteiger partial charge on any atom is -0.395 e. The van der Waals surface area contributed by atoms with Gasteiger partial charge in [0.05, 0.1) is 11.4 Å². The second-order valence-corrected chi connectivity index (χ2v) is 5.51. The van der Waals surface area contributed by atoms with Crippen LogP contribution in [-0.4, -0.2) is 29.0 Å². The third kappa shape index (κ3) is 4.47. The maximum Gasteiger partial charge on any atom is 0.430 e. The summed E-state index contributed by atoms with van der Waals surface area (Å²) in [4.78, 5) is 6.05. The first kappa shape index (κ1) is 18.0. The number of alkyl halides is 3. The normalized spacial score (nSPS) is 12.9. The maximum atomic E-state index is 12.4. The van der Waals surface area contributed by atoms with Crippen LogP contribution < -0.4 is 10.6 Å². The molecule has 0 aliphatic rings. The van der Waals surface area contributed by atoms with E-state index in [1.54, 1.807) is 12.1 Å². The van der Waals surface area contributed by atoms with Gasteiger partial charge in [-0.15, -0.1) is 0 Å². The molecule has 0 unspecified atom stereocenters. The molecule has 0 radical (unpaired) electrons. The van der Waals surface area contributed by atoms with Crippen molar-refractivity contribution in [1.82, 2.24) is 4.98 Å². The van der Waals surface area contributed by atoms with E-state index in [9.17, 15) is 13.2 Å². The Hall–Kier alpha value is -2.05. The fourth-order valence-electron chi connectivity index (χ4n) is 2.23. The van der Waals surface area contributed by atoms with Crippen LogP contribution in [0.4, 0.5) is 18.9 Å². The largest absolute Gasteiger partial charge is 0.430 e. The van der Waals surface area contributed by atoms with Gasteiger partial charge in [-0.1, -0.05) is 0 Å². The SMILES string of the molecule is CC(C)N(c1ccnc(C(=N)C=C(N)C(F)(F)F)c1)C(C)C. The number of hydrogen-bond donors (Lipinski definition) is 2. The topological polar surface area (TPSA) is 66.0 Å². The van der Waals surface area contributed by atoms with Crippen LogP contribution in [0.25, 0.3) is 0 Å². The van der Waals surface area contributed by atoms with Gasteiger partial charge < -0.3 is 10.6 Å². The van der Waals surface area contributed by atoms with Crippen molar-refractivity contribution in [3.63, 3.8) is 0 Å². The van der Waals surface area contributed by atoms with Gasteiger partial charge in [-0.05, 0) is 45.9 Å². The molecule has 0 aromatic carbocycles. The molecule has 3 N–H and O–H groups in total. The average Bonchev–Trinajstić information content (AvgIpc) is 2.36. The number of allylic oxidation sites excluding steroid dienone is 2. The first-order valence-electron chi connectivity index (χ1n) is 6.91. The third-order valence-corrected chi connectivity index (χ3v) is 3.06. The quantitative estimate of drug-likeness (QED) is 0.818. The summed E-state index contributed by atoms with van der Waals surface area (Å²) in [7, 11) is 0. The smallest absolute Gasteiger partial charge is 0.395 e. The lowest BCUT2D eigenvalue weighted by atomic mass is 10.1. The van der Waals surface area contributed by atoms with E-state index in [-0.39, 0.29) is 23.5 Å². The van der Waals surface area contributed by atoms with Crippen LogP contribution in [-0.2, 0) is 0 Å². The zero-order valence-electron chi connectivity index (χ0n) is 13.1. The predicted octanol–water partition coefficient (Wildman–Crippen LogP) is 3.48. The molecule has 0 aliphatic heterocycles. The van der Waals surface area contributed by atoms with Gasteiger partial charge in [0.2, 0.25) is 0 Å². The molecule has 0 saturated heterocycles. The van der Waals surface area contributed by atoms with E-state index in [2.05, 4.69) is 9.88 Å². The number of hydrogen-bond acceptors (Lipinski definition) is 4. The predicted molar refractivity (Wildman–Crippen MR) is 82.1 cm³/mol. The Bertz CT molecular complexity index is 554. The second-order valence-electron chi connectivity index (χ2n) is 5.51. The van der Waals surface area contributed by atoms with Gasteiger partial charge in [0, 0.05) is 24.0 Å². The summed E-state index contributed by atoms with van der Waals surface area (Å²) in [5, 5.41) is 7.76. The van der Waals surface area contributed by atoms with Crippen LogP contribution in [0.1, 0.15) is 33.4 Å². The number of pyridine rings is 1. The highest BCUT2D eigenvalue weighted by Crippen LogP contribution is 2.23. The van der Waals surface area contributed by atoms with E-state index >= 15 is 0 Å². The van der Waals surface area contributed by atoms with Crippen LogP contribution in [0.2, 0.25) is 0 Å². The van der Waals surface area contributed by atoms with E-state index < -0.39 is 11.9 Å². The summed E-state index contributed by atoms with van der Waals surface area (Å²) >= 11 is 0. The molecular formula is C15H21F3N4. The molecule has 0 spiro atoms. The Balaban J connectivity index is 3.14. The fourth-order valence-corrected chi connectivity index (χ4v) is 2.23. The summed E-state index contributed by atoms with van der Waals surface area (Å²) < 4.78 is 37.3. The number of nitrogens with one attached hydrogen (secondary N) is 1. The number of aromatic nitrogens is 1. The minimum absolute atomic E-state index is 0.149. The summed E-state index contributed by atoms with van der Waals surface area (Å²) in [6.07, 6.45) is -2.58. The van der Waals surface area contributed by atoms with Gasteiger partial charge in [-0.2, -0.15) is 13.2 Å². The lowest BCUT2D eigenvalue weighted by Gasteiger charge is -2.33. The van der Waals surface area contributed by atoms with Crippen molar-refractivity contribution in [2.24, 2.45) is 5.73 Å². The van der Waals surface area contributed by atoms with E-state index in [0.29, 0.717) is 6.08 Å². The average molecular weight is 314 g/mol. The van der Waals surface area contributed by atoms with Gasteiger partial charge in [0.25, 0.3) is 0 Å². The Morgan fingerprint density at radius 3 is 2.27 bits per heavy atom. The molecule has 122 valence electrons. The molecule has 1 rings (SSSR count). The second kappa shape index (κ2) is 6.81. The first-order valence-corrected chi connectivity index (χ1v) is 6.91. The van der Waals surface area contributed by atoms with Crippen molar-refractivity contribution in [3.8, 4) is 0 Å². The van der Waals surface area contributed by atoms with Crippen LogP contribution in [0.5, 0.6) is 0 Å². The highest BCUT2D eigenvalue weighted by Gasteiger charge is 2.31. The van der Waals surface area contributed by atoms with Crippen molar-refractivity contribution in [2.75, 3.05) is 4.90 Å². The zero-order valence-corrected chi connectivity index (χ0v) is 13.1.